The Bertz CT molecular complexity index is 115. The van der Waals surface area contributed by atoms with Crippen molar-refractivity contribution >= 4 is 0 Å². The van der Waals surface area contributed by atoms with Gasteiger partial charge in [-0.25, -0.2) is 5.43 Å². The van der Waals surface area contributed by atoms with Crippen molar-refractivity contribution in [1.29, 1.82) is 0 Å². The zero-order chi connectivity index (χ0) is 10.6. The van der Waals surface area contributed by atoms with Crippen LogP contribution in [-0.2, 0) is 4.74 Å². The summed E-state index contributed by atoms with van der Waals surface area (Å²) < 4.78 is 5.44. The predicted octanol–water partition coefficient (Wildman–Crippen LogP) is 0.287. The first kappa shape index (κ1) is 17.2. The highest BCUT2D eigenvalue weighted by Gasteiger charge is 1.97. The molecule has 0 bridgehead atoms. The van der Waals surface area contributed by atoms with Gasteiger partial charge in [-0.3, -0.25) is 5.84 Å². The third-order valence-electron chi connectivity index (χ3n) is 2.16. The molecule has 0 aromatic heterocycles. The number of hydrazine groups is 1. The van der Waals surface area contributed by atoms with Crippen LogP contribution in [0.15, 0.2) is 0 Å². The first-order valence-corrected chi connectivity index (χ1v) is 5.60. The van der Waals surface area contributed by atoms with E-state index in [2.05, 4.69) is 12.3 Å². The molecule has 15 heavy (non-hydrogen) atoms. The number of hydrogen-bond donors (Lipinski definition) is 3. The van der Waals surface area contributed by atoms with Crippen LogP contribution in [0.4, 0.5) is 0 Å². The summed E-state index contributed by atoms with van der Waals surface area (Å²) >= 11 is 0. The first-order chi connectivity index (χ1) is 6.81. The van der Waals surface area contributed by atoms with Crippen molar-refractivity contribution in [2.24, 2.45) is 11.6 Å². The Morgan fingerprint density at radius 3 is 2.40 bits per heavy atom. The predicted molar refractivity (Wildman–Crippen MR) is 63.1 cm³/mol. The molecule has 1 unspecified atom stereocenters. The highest BCUT2D eigenvalue weighted by molar-refractivity contribution is 4.53. The molecule has 0 saturated heterocycles. The summed E-state index contributed by atoms with van der Waals surface area (Å²) in [5.41, 5.74) is 8.12. The molecule has 0 heterocycles. The average Bonchev–Trinajstić information content (AvgIpc) is 2.21. The van der Waals surface area contributed by atoms with Crippen LogP contribution in [0.3, 0.4) is 0 Å². The molecule has 0 rings (SSSR count). The third-order valence-corrected chi connectivity index (χ3v) is 2.16. The van der Waals surface area contributed by atoms with E-state index in [4.69, 9.17) is 16.3 Å². The van der Waals surface area contributed by atoms with E-state index in [0.717, 1.165) is 32.5 Å². The first-order valence-electron chi connectivity index (χ1n) is 5.60. The summed E-state index contributed by atoms with van der Waals surface area (Å²) in [5, 5.41) is 0. The maximum absolute atomic E-state index is 5.59. The number of hydrogen-bond acceptors (Lipinski definition) is 4. The van der Waals surface area contributed by atoms with Crippen LogP contribution in [0.2, 0.25) is 0 Å². The van der Waals surface area contributed by atoms with Gasteiger partial charge in [0, 0.05) is 13.2 Å². The van der Waals surface area contributed by atoms with Gasteiger partial charge in [-0.15, -0.1) is 0 Å². The summed E-state index contributed by atoms with van der Waals surface area (Å²) in [6, 6.07) is 0. The molecule has 7 N–H and O–H groups in total. The van der Waals surface area contributed by atoms with Crippen molar-refractivity contribution in [3.63, 3.8) is 0 Å². The summed E-state index contributed by atoms with van der Waals surface area (Å²) in [4.78, 5) is 0. The molecule has 94 valence electrons. The van der Waals surface area contributed by atoms with Gasteiger partial charge in [0.05, 0.1) is 6.17 Å². The molecule has 0 aliphatic heterocycles. The Morgan fingerprint density at radius 2 is 1.80 bits per heavy atom. The molecular weight excluding hydrogens is 194 g/mol. The van der Waals surface area contributed by atoms with Gasteiger partial charge < -0.3 is 15.9 Å². The fraction of sp³-hybridized carbons (Fsp3) is 1.00. The van der Waals surface area contributed by atoms with Crippen molar-refractivity contribution in [1.82, 2.24) is 5.43 Å². The van der Waals surface area contributed by atoms with Crippen molar-refractivity contribution in [3.8, 4) is 0 Å². The molecule has 0 aliphatic rings. The Hall–Kier alpha value is -0.200. The standard InChI is InChI=1S/C10H25N3O.H2O/c1-2-3-8-14-9-6-4-5-7-10(11)13-12;/h10,13H,2-9,11-12H2,1H3;1H2. The lowest BCUT2D eigenvalue weighted by Gasteiger charge is -2.09. The highest BCUT2D eigenvalue weighted by atomic mass is 16.5. The van der Waals surface area contributed by atoms with E-state index in [-0.39, 0.29) is 11.6 Å². The van der Waals surface area contributed by atoms with Gasteiger partial charge in [0.2, 0.25) is 0 Å². The number of unbranched alkanes of at least 4 members (excludes halogenated alkanes) is 3. The zero-order valence-corrected chi connectivity index (χ0v) is 9.80. The van der Waals surface area contributed by atoms with E-state index in [0.29, 0.717) is 0 Å². The van der Waals surface area contributed by atoms with E-state index in [1.165, 1.54) is 19.3 Å². The molecule has 1 atom stereocenters. The lowest BCUT2D eigenvalue weighted by molar-refractivity contribution is 0.127. The Balaban J connectivity index is 0. The monoisotopic (exact) mass is 221 g/mol. The number of nitrogens with two attached hydrogens (primary N) is 2. The van der Waals surface area contributed by atoms with Gasteiger partial charge in [-0.05, 0) is 19.3 Å². The zero-order valence-electron chi connectivity index (χ0n) is 9.80. The summed E-state index contributed by atoms with van der Waals surface area (Å²) in [5.74, 6) is 5.17. The van der Waals surface area contributed by atoms with Crippen LogP contribution >= 0.6 is 0 Å². The maximum Gasteiger partial charge on any atom is 0.0676 e. The van der Waals surface area contributed by atoms with Crippen molar-refractivity contribution in [2.75, 3.05) is 13.2 Å². The molecule has 0 fully saturated rings. The summed E-state index contributed by atoms with van der Waals surface area (Å²) in [7, 11) is 0. The number of nitrogens with one attached hydrogen (secondary N) is 1. The van der Waals surface area contributed by atoms with Crippen LogP contribution in [-0.4, -0.2) is 24.9 Å². The van der Waals surface area contributed by atoms with E-state index in [9.17, 15) is 0 Å². The fourth-order valence-electron chi connectivity index (χ4n) is 1.18. The van der Waals surface area contributed by atoms with Crippen LogP contribution in [0.25, 0.3) is 0 Å². The second-order valence-corrected chi connectivity index (χ2v) is 3.59. The molecule has 0 aliphatic carbocycles. The molecule has 0 aromatic carbocycles. The van der Waals surface area contributed by atoms with Gasteiger partial charge in [-0.1, -0.05) is 26.2 Å². The van der Waals surface area contributed by atoms with Crippen molar-refractivity contribution in [3.05, 3.63) is 0 Å². The van der Waals surface area contributed by atoms with Gasteiger partial charge in [0.1, 0.15) is 0 Å². The fourth-order valence-corrected chi connectivity index (χ4v) is 1.18. The highest BCUT2D eigenvalue weighted by Crippen LogP contribution is 2.01. The number of rotatable bonds is 10. The minimum atomic E-state index is -0.0593. The Kier molecular flexibility index (Phi) is 15.8. The molecule has 0 amide bonds. The molecule has 0 radical (unpaired) electrons. The van der Waals surface area contributed by atoms with E-state index < -0.39 is 0 Å². The van der Waals surface area contributed by atoms with Crippen molar-refractivity contribution < 1.29 is 10.2 Å². The molecule has 0 aromatic rings. The van der Waals surface area contributed by atoms with E-state index in [1.54, 1.807) is 0 Å². The summed E-state index contributed by atoms with van der Waals surface area (Å²) in [6.45, 7) is 3.95. The molecule has 0 spiro atoms. The molecule has 5 heteroatoms. The van der Waals surface area contributed by atoms with Crippen LogP contribution in [0.1, 0.15) is 45.4 Å². The van der Waals surface area contributed by atoms with E-state index in [1.807, 2.05) is 0 Å². The maximum atomic E-state index is 5.59. The summed E-state index contributed by atoms with van der Waals surface area (Å²) in [6.07, 6.45) is 6.66. The van der Waals surface area contributed by atoms with Gasteiger partial charge in [0.15, 0.2) is 0 Å². The van der Waals surface area contributed by atoms with Crippen LogP contribution < -0.4 is 17.0 Å². The normalized spacial score (nSPS) is 12.2. The Labute approximate surface area is 92.8 Å². The van der Waals surface area contributed by atoms with Gasteiger partial charge >= 0.3 is 0 Å². The third kappa shape index (κ3) is 13.8. The minimum absolute atomic E-state index is 0. The van der Waals surface area contributed by atoms with Gasteiger partial charge in [0.25, 0.3) is 0 Å². The minimum Gasteiger partial charge on any atom is -0.412 e. The average molecular weight is 221 g/mol. The quantitative estimate of drug-likeness (QED) is 0.213. The molecule has 5 nitrogen and oxygen atoms in total. The van der Waals surface area contributed by atoms with Crippen LogP contribution in [0, 0.1) is 0 Å². The SMILES string of the molecule is CCCCOCCCCCC(N)NN.O. The van der Waals surface area contributed by atoms with Crippen molar-refractivity contribution in [2.45, 2.75) is 51.6 Å². The molecular formula is C10H27N3O2. The smallest absolute Gasteiger partial charge is 0.0676 e. The van der Waals surface area contributed by atoms with Crippen LogP contribution in [0.5, 0.6) is 0 Å². The topological polar surface area (TPSA) is 105 Å². The largest absolute Gasteiger partial charge is 0.412 e. The van der Waals surface area contributed by atoms with E-state index >= 15 is 0 Å². The second kappa shape index (κ2) is 13.8. The molecule has 0 saturated carbocycles. The number of ether oxygens (including phenoxy) is 1. The lowest BCUT2D eigenvalue weighted by atomic mass is 10.2. The lowest BCUT2D eigenvalue weighted by Crippen LogP contribution is -2.41. The Morgan fingerprint density at radius 1 is 1.13 bits per heavy atom. The second-order valence-electron chi connectivity index (χ2n) is 3.59. The van der Waals surface area contributed by atoms with Gasteiger partial charge in [-0.2, -0.15) is 0 Å².